The van der Waals surface area contributed by atoms with E-state index in [1.54, 1.807) is 0 Å². The Morgan fingerprint density at radius 3 is 2.85 bits per heavy atom. The van der Waals surface area contributed by atoms with Crippen molar-refractivity contribution in [2.24, 2.45) is 5.92 Å². The van der Waals surface area contributed by atoms with Crippen molar-refractivity contribution in [2.75, 3.05) is 11.9 Å². The number of hydrogen-bond acceptors (Lipinski definition) is 2. The summed E-state index contributed by atoms with van der Waals surface area (Å²) in [6, 6.07) is 6.28. The highest BCUT2D eigenvalue weighted by Crippen LogP contribution is 2.40. The number of carbonyl (C=O) groups excluding carboxylic acids is 1. The molecule has 1 aromatic carbocycles. The minimum atomic E-state index is -0.434. The van der Waals surface area contributed by atoms with Crippen molar-refractivity contribution < 1.29 is 9.90 Å². The lowest BCUT2D eigenvalue weighted by atomic mass is 9.83. The van der Waals surface area contributed by atoms with E-state index in [2.05, 4.69) is 29.6 Å². The summed E-state index contributed by atoms with van der Waals surface area (Å²) in [6.45, 7) is 4.19. The third-order valence-corrected chi connectivity index (χ3v) is 4.66. The Kier molecular flexibility index (Phi) is 3.17. The van der Waals surface area contributed by atoms with Gasteiger partial charge < -0.3 is 10.4 Å². The molecule has 20 heavy (non-hydrogen) atoms. The summed E-state index contributed by atoms with van der Waals surface area (Å²) in [7, 11) is 0. The average Bonchev–Trinajstić information content (AvgIpc) is 2.69. The third-order valence-electron chi connectivity index (χ3n) is 4.66. The Labute approximate surface area is 119 Å². The van der Waals surface area contributed by atoms with E-state index < -0.39 is 5.41 Å². The van der Waals surface area contributed by atoms with E-state index in [9.17, 15) is 9.90 Å². The van der Waals surface area contributed by atoms with Crippen LogP contribution in [0.3, 0.4) is 0 Å². The molecular weight excluding hydrogens is 250 g/mol. The van der Waals surface area contributed by atoms with Gasteiger partial charge in [-0.15, -0.1) is 0 Å². The summed E-state index contributed by atoms with van der Waals surface area (Å²) in [5, 5.41) is 12.2. The molecule has 2 aliphatic rings. The van der Waals surface area contributed by atoms with Crippen LogP contribution < -0.4 is 5.32 Å². The highest BCUT2D eigenvalue weighted by Gasteiger charge is 2.38. The molecule has 1 aliphatic heterocycles. The molecule has 1 amide bonds. The molecule has 1 unspecified atom stereocenters. The van der Waals surface area contributed by atoms with Gasteiger partial charge in [-0.05, 0) is 61.8 Å². The molecule has 3 nitrogen and oxygen atoms in total. The number of allylic oxidation sites excluding steroid dienone is 2. The Morgan fingerprint density at radius 2 is 2.20 bits per heavy atom. The van der Waals surface area contributed by atoms with Crippen molar-refractivity contribution >= 4 is 17.2 Å². The molecule has 0 aromatic heterocycles. The molecule has 106 valence electrons. The third kappa shape index (κ3) is 2.06. The van der Waals surface area contributed by atoms with E-state index in [0.29, 0.717) is 5.92 Å². The lowest BCUT2D eigenvalue weighted by Gasteiger charge is -2.21. The van der Waals surface area contributed by atoms with Crippen LogP contribution in [0.2, 0.25) is 0 Å². The van der Waals surface area contributed by atoms with Crippen LogP contribution in [0.25, 0.3) is 5.57 Å². The topological polar surface area (TPSA) is 49.3 Å². The van der Waals surface area contributed by atoms with E-state index in [1.807, 2.05) is 13.8 Å². The van der Waals surface area contributed by atoms with Crippen LogP contribution in [0.1, 0.15) is 44.2 Å². The Hall–Kier alpha value is -1.61. The number of anilines is 1. The lowest BCUT2D eigenvalue weighted by Crippen LogP contribution is -2.26. The summed E-state index contributed by atoms with van der Waals surface area (Å²) in [6.07, 6.45) is 5.22. The zero-order chi connectivity index (χ0) is 14.3. The molecule has 1 aliphatic carbocycles. The fourth-order valence-corrected chi connectivity index (χ4v) is 3.11. The zero-order valence-electron chi connectivity index (χ0n) is 12.1. The molecule has 1 heterocycles. The fourth-order valence-electron chi connectivity index (χ4n) is 3.11. The molecule has 0 saturated heterocycles. The van der Waals surface area contributed by atoms with Gasteiger partial charge in [-0.3, -0.25) is 4.79 Å². The molecule has 0 radical (unpaired) electrons. The summed E-state index contributed by atoms with van der Waals surface area (Å²) in [5.74, 6) is 0.481. The van der Waals surface area contributed by atoms with Crippen molar-refractivity contribution in [1.82, 2.24) is 0 Å². The summed E-state index contributed by atoms with van der Waals surface area (Å²) in [5.41, 5.74) is 4.12. The van der Waals surface area contributed by atoms with Gasteiger partial charge in [0, 0.05) is 12.3 Å². The van der Waals surface area contributed by atoms with Crippen LogP contribution in [0.5, 0.6) is 0 Å². The van der Waals surface area contributed by atoms with Crippen LogP contribution in [0, 0.1) is 5.92 Å². The first-order chi connectivity index (χ1) is 9.52. The normalized spacial score (nSPS) is 24.1. The van der Waals surface area contributed by atoms with E-state index in [4.69, 9.17) is 0 Å². The maximum Gasteiger partial charge on any atom is 0.234 e. The number of fused-ring (bicyclic) bond motifs is 1. The molecule has 1 aromatic rings. The van der Waals surface area contributed by atoms with Gasteiger partial charge in [0.25, 0.3) is 0 Å². The first-order valence-electron chi connectivity index (χ1n) is 7.28. The first kappa shape index (κ1) is 13.4. The highest BCUT2D eigenvalue weighted by atomic mass is 16.3. The van der Waals surface area contributed by atoms with Gasteiger partial charge >= 0.3 is 0 Å². The predicted molar refractivity (Wildman–Crippen MR) is 80.5 cm³/mol. The summed E-state index contributed by atoms with van der Waals surface area (Å²) < 4.78 is 0. The molecule has 3 rings (SSSR count). The quantitative estimate of drug-likeness (QED) is 0.868. The molecule has 1 atom stereocenters. The standard InChI is InChI=1S/C17H21NO2/c1-17(2)14-8-7-13(9-15(14)18-16(17)20)12-5-3-11(10-19)4-6-12/h5,7-9,11,19H,3-4,6,10H2,1-2H3,(H,18,20). The van der Waals surface area contributed by atoms with Crippen LogP contribution in [-0.2, 0) is 10.2 Å². The van der Waals surface area contributed by atoms with Crippen molar-refractivity contribution in [3.8, 4) is 0 Å². The number of aliphatic hydroxyl groups is 1. The number of aliphatic hydroxyl groups excluding tert-OH is 1. The van der Waals surface area contributed by atoms with E-state index >= 15 is 0 Å². The van der Waals surface area contributed by atoms with Crippen molar-refractivity contribution in [2.45, 2.75) is 38.5 Å². The van der Waals surface area contributed by atoms with Gasteiger partial charge in [-0.2, -0.15) is 0 Å². The van der Waals surface area contributed by atoms with Crippen LogP contribution in [0.4, 0.5) is 5.69 Å². The monoisotopic (exact) mass is 271 g/mol. The van der Waals surface area contributed by atoms with Gasteiger partial charge in [0.1, 0.15) is 0 Å². The largest absolute Gasteiger partial charge is 0.396 e. The first-order valence-corrected chi connectivity index (χ1v) is 7.28. The number of benzene rings is 1. The second kappa shape index (κ2) is 4.74. The van der Waals surface area contributed by atoms with Crippen molar-refractivity contribution in [3.63, 3.8) is 0 Å². The molecule has 0 spiro atoms. The van der Waals surface area contributed by atoms with Gasteiger partial charge in [0.05, 0.1) is 5.41 Å². The lowest BCUT2D eigenvalue weighted by molar-refractivity contribution is -0.119. The van der Waals surface area contributed by atoms with Gasteiger partial charge in [-0.1, -0.05) is 18.2 Å². The van der Waals surface area contributed by atoms with Gasteiger partial charge in [0.15, 0.2) is 0 Å². The van der Waals surface area contributed by atoms with E-state index in [1.165, 1.54) is 11.1 Å². The Balaban J connectivity index is 1.90. The van der Waals surface area contributed by atoms with Crippen LogP contribution in [-0.4, -0.2) is 17.6 Å². The second-order valence-electron chi connectivity index (χ2n) is 6.39. The molecule has 3 heteroatoms. The van der Waals surface area contributed by atoms with Gasteiger partial charge in [-0.25, -0.2) is 0 Å². The van der Waals surface area contributed by atoms with Gasteiger partial charge in [0.2, 0.25) is 5.91 Å². The fraction of sp³-hybridized carbons (Fsp3) is 0.471. The van der Waals surface area contributed by atoms with Crippen LogP contribution in [0.15, 0.2) is 24.3 Å². The Bertz CT molecular complexity index is 587. The maximum absolute atomic E-state index is 12.0. The molecule has 0 saturated carbocycles. The summed E-state index contributed by atoms with van der Waals surface area (Å²) in [4.78, 5) is 12.0. The highest BCUT2D eigenvalue weighted by molar-refractivity contribution is 6.06. The second-order valence-corrected chi connectivity index (χ2v) is 6.39. The zero-order valence-corrected chi connectivity index (χ0v) is 12.1. The molecular formula is C17H21NO2. The number of hydrogen-bond donors (Lipinski definition) is 2. The molecule has 0 fully saturated rings. The average molecular weight is 271 g/mol. The number of carbonyl (C=O) groups is 1. The minimum Gasteiger partial charge on any atom is -0.396 e. The smallest absolute Gasteiger partial charge is 0.234 e. The number of amides is 1. The maximum atomic E-state index is 12.0. The predicted octanol–water partition coefficient (Wildman–Crippen LogP) is 3.09. The van der Waals surface area contributed by atoms with Crippen molar-refractivity contribution in [1.29, 1.82) is 0 Å². The number of nitrogens with one attached hydrogen (secondary N) is 1. The molecule has 0 bridgehead atoms. The summed E-state index contributed by atoms with van der Waals surface area (Å²) >= 11 is 0. The van der Waals surface area contributed by atoms with Crippen molar-refractivity contribution in [3.05, 3.63) is 35.4 Å². The molecule has 2 N–H and O–H groups in total. The SMILES string of the molecule is CC1(C)C(=O)Nc2cc(C3=CCC(CO)CC3)ccc21. The number of rotatable bonds is 2. The van der Waals surface area contributed by atoms with Crippen LogP contribution >= 0.6 is 0 Å². The Morgan fingerprint density at radius 1 is 1.40 bits per heavy atom. The van der Waals surface area contributed by atoms with E-state index in [-0.39, 0.29) is 12.5 Å². The minimum absolute atomic E-state index is 0.0719. The van der Waals surface area contributed by atoms with E-state index in [0.717, 1.165) is 30.5 Å².